The van der Waals surface area contributed by atoms with Crippen LogP contribution in [0.15, 0.2) is 18.2 Å². The molecule has 0 unspecified atom stereocenters. The number of rotatable bonds is 3. The summed E-state index contributed by atoms with van der Waals surface area (Å²) in [6.07, 6.45) is 0.686. The van der Waals surface area contributed by atoms with Crippen LogP contribution in [0, 0.1) is 11.3 Å². The maximum atomic E-state index is 10.6. The molecule has 0 fully saturated rings. The van der Waals surface area contributed by atoms with E-state index < -0.39 is 0 Å². The summed E-state index contributed by atoms with van der Waals surface area (Å²) in [6.45, 7) is 2.35. The summed E-state index contributed by atoms with van der Waals surface area (Å²) >= 11 is 0. The molecule has 3 nitrogen and oxygen atoms in total. The Morgan fingerprint density at radius 2 is 2.38 bits per heavy atom. The molecule has 0 heterocycles. The highest BCUT2D eigenvalue weighted by Gasteiger charge is 2.02. The van der Waals surface area contributed by atoms with E-state index in [1.165, 1.54) is 6.07 Å². The van der Waals surface area contributed by atoms with E-state index in [4.69, 9.17) is 10.00 Å². The van der Waals surface area contributed by atoms with E-state index in [1.54, 1.807) is 12.1 Å². The summed E-state index contributed by atoms with van der Waals surface area (Å²) < 4.78 is 5.19. The van der Waals surface area contributed by atoms with Crippen LogP contribution in [0.4, 0.5) is 0 Å². The number of ether oxygens (including phenoxy) is 1. The zero-order valence-corrected chi connectivity index (χ0v) is 7.28. The smallest absolute Gasteiger partial charge is 0.153 e. The first-order chi connectivity index (χ1) is 6.31. The van der Waals surface area contributed by atoms with Crippen LogP contribution in [0.25, 0.3) is 0 Å². The van der Waals surface area contributed by atoms with Crippen LogP contribution in [0.1, 0.15) is 22.8 Å². The normalized spacial score (nSPS) is 8.92. The Balaban J connectivity index is 3.09. The number of nitrogens with zero attached hydrogens (tertiary/aromatic N) is 1. The molecule has 3 heteroatoms. The third-order valence-corrected chi connectivity index (χ3v) is 1.57. The monoisotopic (exact) mass is 175 g/mol. The van der Waals surface area contributed by atoms with E-state index >= 15 is 0 Å². The Hall–Kier alpha value is -1.82. The van der Waals surface area contributed by atoms with E-state index in [2.05, 4.69) is 0 Å². The van der Waals surface area contributed by atoms with E-state index in [1.807, 2.05) is 13.0 Å². The van der Waals surface area contributed by atoms with Crippen molar-refractivity contribution in [2.75, 3.05) is 6.61 Å². The zero-order chi connectivity index (χ0) is 9.68. The molecular formula is C10H9NO2. The highest BCUT2D eigenvalue weighted by Crippen LogP contribution is 2.17. The van der Waals surface area contributed by atoms with Crippen LogP contribution >= 0.6 is 0 Å². The summed E-state index contributed by atoms with van der Waals surface area (Å²) in [5, 5.41) is 8.57. The van der Waals surface area contributed by atoms with Crippen LogP contribution in [0.5, 0.6) is 5.75 Å². The average molecular weight is 175 g/mol. The van der Waals surface area contributed by atoms with Crippen LogP contribution in [-0.4, -0.2) is 12.9 Å². The fraction of sp³-hybridized carbons (Fsp3) is 0.200. The van der Waals surface area contributed by atoms with Crippen LogP contribution in [0.2, 0.25) is 0 Å². The molecule has 0 spiro atoms. The summed E-state index contributed by atoms with van der Waals surface area (Å²) in [5.74, 6) is 0.525. The van der Waals surface area contributed by atoms with Crippen molar-refractivity contribution in [2.24, 2.45) is 0 Å². The molecule has 0 saturated heterocycles. The van der Waals surface area contributed by atoms with E-state index in [0.717, 1.165) is 0 Å². The molecule has 1 aromatic rings. The van der Waals surface area contributed by atoms with Gasteiger partial charge in [-0.25, -0.2) is 0 Å². The number of aldehydes is 1. The molecule has 66 valence electrons. The number of carbonyl (C=O) groups excluding carboxylic acids is 1. The van der Waals surface area contributed by atoms with Crippen molar-refractivity contribution in [1.29, 1.82) is 5.26 Å². The molecule has 0 aliphatic carbocycles. The SMILES string of the molecule is CCOc1ccc(C#N)cc1C=O. The third-order valence-electron chi connectivity index (χ3n) is 1.57. The van der Waals surface area contributed by atoms with Crippen LogP contribution in [0.3, 0.4) is 0 Å². The molecule has 0 aliphatic rings. The Bertz CT molecular complexity index is 352. The maximum absolute atomic E-state index is 10.6. The largest absolute Gasteiger partial charge is 0.493 e. The molecule has 0 amide bonds. The summed E-state index contributed by atoms with van der Waals surface area (Å²) in [5.41, 5.74) is 0.881. The highest BCUT2D eigenvalue weighted by molar-refractivity contribution is 5.80. The van der Waals surface area contributed by atoms with Gasteiger partial charge in [-0.05, 0) is 25.1 Å². The fourth-order valence-corrected chi connectivity index (χ4v) is 0.997. The van der Waals surface area contributed by atoms with E-state index in [9.17, 15) is 4.79 Å². The van der Waals surface area contributed by atoms with Crippen molar-refractivity contribution in [3.8, 4) is 11.8 Å². The lowest BCUT2D eigenvalue weighted by Gasteiger charge is -2.04. The molecule has 0 bridgehead atoms. The van der Waals surface area contributed by atoms with E-state index in [0.29, 0.717) is 29.8 Å². The second kappa shape index (κ2) is 4.27. The minimum atomic E-state index is 0.418. The van der Waals surface area contributed by atoms with Crippen molar-refractivity contribution < 1.29 is 9.53 Å². The first kappa shape index (κ1) is 9.27. The predicted octanol–water partition coefficient (Wildman–Crippen LogP) is 1.77. The second-order valence-electron chi connectivity index (χ2n) is 2.42. The van der Waals surface area contributed by atoms with E-state index in [-0.39, 0.29) is 0 Å². The highest BCUT2D eigenvalue weighted by atomic mass is 16.5. The molecule has 1 aromatic carbocycles. The molecule has 0 aromatic heterocycles. The first-order valence-electron chi connectivity index (χ1n) is 3.94. The number of benzene rings is 1. The van der Waals surface area contributed by atoms with Gasteiger partial charge in [0.2, 0.25) is 0 Å². The lowest BCUT2D eigenvalue weighted by molar-refractivity contribution is 0.112. The predicted molar refractivity (Wildman–Crippen MR) is 47.7 cm³/mol. The Morgan fingerprint density at radius 3 is 2.92 bits per heavy atom. The molecule has 1 rings (SSSR count). The molecule has 0 atom stereocenters. The van der Waals surface area contributed by atoms with Crippen LogP contribution < -0.4 is 4.74 Å². The van der Waals surface area contributed by atoms with Gasteiger partial charge in [-0.15, -0.1) is 0 Å². The Morgan fingerprint density at radius 1 is 1.62 bits per heavy atom. The van der Waals surface area contributed by atoms with Gasteiger partial charge in [0.1, 0.15) is 5.75 Å². The number of nitriles is 1. The van der Waals surface area contributed by atoms with Gasteiger partial charge >= 0.3 is 0 Å². The molecule has 0 radical (unpaired) electrons. The minimum Gasteiger partial charge on any atom is -0.493 e. The summed E-state index contributed by atoms with van der Waals surface area (Å²) in [7, 11) is 0. The van der Waals surface area contributed by atoms with Gasteiger partial charge in [-0.3, -0.25) is 4.79 Å². The van der Waals surface area contributed by atoms with Crippen molar-refractivity contribution in [1.82, 2.24) is 0 Å². The first-order valence-corrected chi connectivity index (χ1v) is 3.94. The molecule has 13 heavy (non-hydrogen) atoms. The number of carbonyl (C=O) groups is 1. The number of hydrogen-bond acceptors (Lipinski definition) is 3. The minimum absolute atomic E-state index is 0.418. The van der Waals surface area contributed by atoms with Gasteiger partial charge in [-0.1, -0.05) is 0 Å². The van der Waals surface area contributed by atoms with Gasteiger partial charge in [0.15, 0.2) is 6.29 Å². The third kappa shape index (κ3) is 2.06. The quantitative estimate of drug-likeness (QED) is 0.658. The van der Waals surface area contributed by atoms with Crippen molar-refractivity contribution in [3.63, 3.8) is 0 Å². The number of hydrogen-bond donors (Lipinski definition) is 0. The van der Waals surface area contributed by atoms with Gasteiger partial charge in [-0.2, -0.15) is 5.26 Å². The summed E-state index contributed by atoms with van der Waals surface area (Å²) in [4.78, 5) is 10.6. The van der Waals surface area contributed by atoms with Gasteiger partial charge in [0, 0.05) is 0 Å². The average Bonchev–Trinajstić information content (AvgIpc) is 2.19. The topological polar surface area (TPSA) is 50.1 Å². The fourth-order valence-electron chi connectivity index (χ4n) is 0.997. The lowest BCUT2D eigenvalue weighted by atomic mass is 10.1. The standard InChI is InChI=1S/C10H9NO2/c1-2-13-10-4-3-8(6-11)5-9(10)7-12/h3-5,7H,2H2,1H3. The van der Waals surface area contributed by atoms with Gasteiger partial charge < -0.3 is 4.74 Å². The Labute approximate surface area is 76.6 Å². The summed E-state index contributed by atoms with van der Waals surface area (Å²) in [6, 6.07) is 6.72. The lowest BCUT2D eigenvalue weighted by Crippen LogP contribution is -1.96. The van der Waals surface area contributed by atoms with Crippen molar-refractivity contribution >= 4 is 6.29 Å². The zero-order valence-electron chi connectivity index (χ0n) is 7.28. The van der Waals surface area contributed by atoms with Crippen molar-refractivity contribution in [3.05, 3.63) is 29.3 Å². The molecular weight excluding hydrogens is 166 g/mol. The van der Waals surface area contributed by atoms with Gasteiger partial charge in [0.25, 0.3) is 0 Å². The Kier molecular flexibility index (Phi) is 3.04. The van der Waals surface area contributed by atoms with Crippen molar-refractivity contribution in [2.45, 2.75) is 6.92 Å². The maximum Gasteiger partial charge on any atom is 0.153 e. The molecule has 0 aliphatic heterocycles. The van der Waals surface area contributed by atoms with Gasteiger partial charge in [0.05, 0.1) is 23.8 Å². The molecule has 0 saturated carbocycles. The second-order valence-corrected chi connectivity index (χ2v) is 2.42. The molecule has 0 N–H and O–H groups in total. The van der Waals surface area contributed by atoms with Crippen LogP contribution in [-0.2, 0) is 0 Å².